The summed E-state index contributed by atoms with van der Waals surface area (Å²) in [6.45, 7) is 0. The summed E-state index contributed by atoms with van der Waals surface area (Å²) >= 11 is 0. The molecule has 140 valence electrons. The van der Waals surface area contributed by atoms with Crippen LogP contribution in [-0.2, 0) is 9.53 Å². The van der Waals surface area contributed by atoms with Crippen LogP contribution in [0.3, 0.4) is 0 Å². The van der Waals surface area contributed by atoms with Gasteiger partial charge in [-0.3, -0.25) is 10.1 Å². The first-order valence-electron chi connectivity index (χ1n) is 7.81. The lowest BCUT2D eigenvalue weighted by Crippen LogP contribution is -2.32. The quantitative estimate of drug-likeness (QED) is 0.671. The zero-order valence-electron chi connectivity index (χ0n) is 14.0. The first-order chi connectivity index (χ1) is 12.9. The van der Waals surface area contributed by atoms with Crippen molar-refractivity contribution in [3.05, 3.63) is 77.6 Å². The van der Waals surface area contributed by atoms with E-state index in [-0.39, 0.29) is 17.5 Å². The van der Waals surface area contributed by atoms with Crippen molar-refractivity contribution >= 4 is 18.0 Å². The standard InChI is InChI=1S/C19H16FNO6/c20-14-11-13(9-10-15(14)22)16(7-4-8-17(23)24)27-19(26)21-18(25)12-5-2-1-3-6-12/h1-6,8-11,16,22H,7H2,(H,23,24)(H,21,25,26)/b8-4+/t16-/m0/s1. The number of hydrogen-bond donors (Lipinski definition) is 3. The Labute approximate surface area is 153 Å². The van der Waals surface area contributed by atoms with Crippen molar-refractivity contribution in [2.24, 2.45) is 0 Å². The Kier molecular flexibility index (Phi) is 6.65. The minimum atomic E-state index is -1.20. The first kappa shape index (κ1) is 19.6. The van der Waals surface area contributed by atoms with Crippen LogP contribution in [0.4, 0.5) is 9.18 Å². The third-order valence-corrected chi connectivity index (χ3v) is 3.45. The number of halogens is 1. The topological polar surface area (TPSA) is 113 Å². The minimum Gasteiger partial charge on any atom is -0.505 e. The second-order valence-corrected chi connectivity index (χ2v) is 5.40. The van der Waals surface area contributed by atoms with Crippen LogP contribution in [0.1, 0.15) is 28.4 Å². The first-order valence-corrected chi connectivity index (χ1v) is 7.81. The lowest BCUT2D eigenvalue weighted by Gasteiger charge is -2.17. The summed E-state index contributed by atoms with van der Waals surface area (Å²) in [6, 6.07) is 11.3. The molecule has 0 bridgehead atoms. The molecule has 2 aromatic carbocycles. The molecule has 7 nitrogen and oxygen atoms in total. The summed E-state index contributed by atoms with van der Waals surface area (Å²) in [6.07, 6.45) is -0.154. The molecule has 0 spiro atoms. The number of amides is 2. The number of carbonyl (C=O) groups excluding carboxylic acids is 2. The Hall–Kier alpha value is -3.68. The molecule has 0 saturated heterocycles. The van der Waals surface area contributed by atoms with E-state index in [1.165, 1.54) is 24.3 Å². The highest BCUT2D eigenvalue weighted by molar-refractivity contribution is 6.02. The molecule has 3 N–H and O–H groups in total. The van der Waals surface area contributed by atoms with E-state index in [2.05, 4.69) is 0 Å². The number of benzene rings is 2. The minimum absolute atomic E-state index is 0.0799. The molecule has 0 fully saturated rings. The third-order valence-electron chi connectivity index (χ3n) is 3.45. The van der Waals surface area contributed by atoms with Gasteiger partial charge in [-0.1, -0.05) is 30.3 Å². The number of rotatable bonds is 6. The monoisotopic (exact) mass is 373 g/mol. The van der Waals surface area contributed by atoms with E-state index in [9.17, 15) is 23.9 Å². The van der Waals surface area contributed by atoms with Crippen molar-refractivity contribution in [2.75, 3.05) is 0 Å². The molecule has 0 aliphatic rings. The Bertz CT molecular complexity index is 866. The van der Waals surface area contributed by atoms with E-state index in [0.717, 1.165) is 18.2 Å². The molecule has 27 heavy (non-hydrogen) atoms. The smallest absolute Gasteiger partial charge is 0.414 e. The van der Waals surface area contributed by atoms with Crippen LogP contribution in [0, 0.1) is 5.82 Å². The predicted molar refractivity (Wildman–Crippen MR) is 92.6 cm³/mol. The Balaban J connectivity index is 2.12. The average molecular weight is 373 g/mol. The maximum atomic E-state index is 13.6. The predicted octanol–water partition coefficient (Wildman–Crippen LogP) is 3.17. The van der Waals surface area contributed by atoms with Crippen LogP contribution in [0.15, 0.2) is 60.7 Å². The molecule has 0 heterocycles. The van der Waals surface area contributed by atoms with Crippen LogP contribution in [0.5, 0.6) is 5.75 Å². The van der Waals surface area contributed by atoms with Gasteiger partial charge in [0.15, 0.2) is 11.6 Å². The molecule has 2 amide bonds. The second kappa shape index (κ2) is 9.14. The van der Waals surface area contributed by atoms with Gasteiger partial charge in [-0.15, -0.1) is 0 Å². The molecule has 8 heteroatoms. The van der Waals surface area contributed by atoms with E-state index in [4.69, 9.17) is 9.84 Å². The van der Waals surface area contributed by atoms with Gasteiger partial charge >= 0.3 is 12.1 Å². The van der Waals surface area contributed by atoms with Gasteiger partial charge in [-0.05, 0) is 29.8 Å². The fourth-order valence-corrected chi connectivity index (χ4v) is 2.18. The molecule has 0 aliphatic carbocycles. The molecule has 0 radical (unpaired) electrons. The summed E-state index contributed by atoms with van der Waals surface area (Å²) in [5.41, 5.74) is 0.426. The molecule has 1 atom stereocenters. The van der Waals surface area contributed by atoms with E-state index >= 15 is 0 Å². The van der Waals surface area contributed by atoms with Gasteiger partial charge in [0, 0.05) is 18.1 Å². The number of aromatic hydroxyl groups is 1. The van der Waals surface area contributed by atoms with Crippen molar-refractivity contribution in [1.29, 1.82) is 0 Å². The zero-order valence-corrected chi connectivity index (χ0v) is 14.0. The van der Waals surface area contributed by atoms with E-state index in [1.54, 1.807) is 18.2 Å². The number of imide groups is 1. The van der Waals surface area contributed by atoms with Gasteiger partial charge in [0.25, 0.3) is 5.91 Å². The number of phenolic OH excluding ortho intramolecular Hbond substituents is 1. The number of carboxylic acids is 1. The van der Waals surface area contributed by atoms with E-state index in [0.29, 0.717) is 0 Å². The average Bonchev–Trinajstić information content (AvgIpc) is 2.63. The lowest BCUT2D eigenvalue weighted by atomic mass is 10.1. The number of ether oxygens (including phenoxy) is 1. The summed E-state index contributed by atoms with van der Waals surface area (Å²) in [7, 11) is 0. The SMILES string of the molecule is O=C(O)/C=C/C[C@H](OC(=O)NC(=O)c1ccccc1)c1ccc(O)c(F)c1. The molecule has 2 aromatic rings. The largest absolute Gasteiger partial charge is 0.505 e. The highest BCUT2D eigenvalue weighted by Gasteiger charge is 2.19. The number of aliphatic carboxylic acids is 1. The summed E-state index contributed by atoms with van der Waals surface area (Å²) in [5.74, 6) is -3.39. The summed E-state index contributed by atoms with van der Waals surface area (Å²) < 4.78 is 18.7. The molecule has 0 saturated carbocycles. The van der Waals surface area contributed by atoms with Crippen LogP contribution >= 0.6 is 0 Å². The molecule has 0 unspecified atom stereocenters. The maximum absolute atomic E-state index is 13.6. The third kappa shape index (κ3) is 5.96. The normalized spacial score (nSPS) is 11.7. The molecular weight excluding hydrogens is 357 g/mol. The summed E-state index contributed by atoms with van der Waals surface area (Å²) in [4.78, 5) is 34.6. The van der Waals surface area contributed by atoms with E-state index < -0.39 is 35.6 Å². The zero-order chi connectivity index (χ0) is 19.8. The van der Waals surface area contributed by atoms with Crippen LogP contribution in [-0.4, -0.2) is 28.2 Å². The summed E-state index contributed by atoms with van der Waals surface area (Å²) in [5, 5.41) is 20.0. The van der Waals surface area contributed by atoms with E-state index in [1.807, 2.05) is 5.32 Å². The number of carboxylic acid groups (broad SMARTS) is 1. The Morgan fingerprint density at radius 3 is 2.48 bits per heavy atom. The highest BCUT2D eigenvalue weighted by Crippen LogP contribution is 2.26. The molecule has 0 aromatic heterocycles. The second-order valence-electron chi connectivity index (χ2n) is 5.40. The van der Waals surface area contributed by atoms with Gasteiger partial charge in [0.2, 0.25) is 0 Å². The van der Waals surface area contributed by atoms with Crippen LogP contribution in [0.25, 0.3) is 0 Å². The van der Waals surface area contributed by atoms with Gasteiger partial charge in [-0.25, -0.2) is 14.0 Å². The molecule has 2 rings (SSSR count). The Morgan fingerprint density at radius 2 is 1.85 bits per heavy atom. The van der Waals surface area contributed by atoms with Gasteiger partial charge in [0.05, 0.1) is 0 Å². The van der Waals surface area contributed by atoms with Crippen LogP contribution in [0.2, 0.25) is 0 Å². The van der Waals surface area contributed by atoms with Gasteiger partial charge < -0.3 is 14.9 Å². The van der Waals surface area contributed by atoms with Crippen molar-refractivity contribution in [3.63, 3.8) is 0 Å². The fourth-order valence-electron chi connectivity index (χ4n) is 2.18. The molecular formula is C19H16FNO6. The number of alkyl carbamates (subject to hydrolysis) is 1. The maximum Gasteiger partial charge on any atom is 0.414 e. The highest BCUT2D eigenvalue weighted by atomic mass is 19.1. The van der Waals surface area contributed by atoms with Crippen LogP contribution < -0.4 is 5.32 Å². The van der Waals surface area contributed by atoms with Gasteiger partial charge in [-0.2, -0.15) is 0 Å². The van der Waals surface area contributed by atoms with Crippen molar-refractivity contribution < 1.29 is 33.7 Å². The van der Waals surface area contributed by atoms with Crippen molar-refractivity contribution in [3.8, 4) is 5.75 Å². The number of nitrogens with one attached hydrogen (secondary N) is 1. The number of phenols is 1. The van der Waals surface area contributed by atoms with Crippen molar-refractivity contribution in [2.45, 2.75) is 12.5 Å². The molecule has 0 aliphatic heterocycles. The lowest BCUT2D eigenvalue weighted by molar-refractivity contribution is -0.131. The van der Waals surface area contributed by atoms with Gasteiger partial charge in [0.1, 0.15) is 6.10 Å². The fraction of sp³-hybridized carbons (Fsp3) is 0.105. The Morgan fingerprint density at radius 1 is 1.15 bits per heavy atom. The number of hydrogen-bond acceptors (Lipinski definition) is 5. The van der Waals surface area contributed by atoms with Crippen molar-refractivity contribution in [1.82, 2.24) is 5.32 Å². The number of carbonyl (C=O) groups is 3.